The van der Waals surface area contributed by atoms with Crippen molar-refractivity contribution >= 4 is 34.8 Å². The van der Waals surface area contributed by atoms with Gasteiger partial charge in [-0.3, -0.25) is 9.59 Å². The van der Waals surface area contributed by atoms with Gasteiger partial charge < -0.3 is 15.5 Å². The predicted molar refractivity (Wildman–Crippen MR) is 149 cm³/mol. The number of primary amides is 1. The summed E-state index contributed by atoms with van der Waals surface area (Å²) in [6.45, 7) is 3.76. The maximum Gasteiger partial charge on any atom is 0.350 e. The van der Waals surface area contributed by atoms with Crippen molar-refractivity contribution in [2.75, 3.05) is 24.5 Å². The second-order valence-corrected chi connectivity index (χ2v) is 11.3. The molecule has 1 saturated heterocycles. The maximum absolute atomic E-state index is 15.3. The number of allylic oxidation sites excluding steroid dienone is 1. The smallest absolute Gasteiger partial charge is 0.350 e. The van der Waals surface area contributed by atoms with Crippen LogP contribution in [0.4, 0.5) is 10.2 Å². The summed E-state index contributed by atoms with van der Waals surface area (Å²) in [6, 6.07) is 11.7. The molecule has 1 aliphatic carbocycles. The Hall–Kier alpha value is -4.21. The van der Waals surface area contributed by atoms with Crippen LogP contribution in [-0.2, 0) is 16.0 Å². The number of halogens is 1. The molecule has 2 N–H and O–H groups in total. The van der Waals surface area contributed by atoms with Crippen LogP contribution in [-0.4, -0.2) is 63.2 Å². The number of pyridine rings is 1. The summed E-state index contributed by atoms with van der Waals surface area (Å²) in [7, 11) is 0. The number of fused-ring (bicyclic) bond motifs is 2. The van der Waals surface area contributed by atoms with E-state index in [0.717, 1.165) is 25.0 Å². The number of hydrazone groups is 1. The molecule has 2 aromatic rings. The minimum absolute atomic E-state index is 0.0283. The summed E-state index contributed by atoms with van der Waals surface area (Å²) in [4.78, 5) is 38.1. The topological polar surface area (TPSA) is 107 Å². The lowest BCUT2D eigenvalue weighted by Crippen LogP contribution is -2.44. The minimum Gasteiger partial charge on any atom is -0.369 e. The van der Waals surface area contributed by atoms with Gasteiger partial charge in [0.1, 0.15) is 17.2 Å². The van der Waals surface area contributed by atoms with Gasteiger partial charge in [-0.1, -0.05) is 29.4 Å². The van der Waals surface area contributed by atoms with Crippen molar-refractivity contribution in [3.05, 3.63) is 70.9 Å². The van der Waals surface area contributed by atoms with E-state index < -0.39 is 5.95 Å². The number of amides is 2. The third-order valence-corrected chi connectivity index (χ3v) is 8.74. The minimum atomic E-state index is -0.635. The Morgan fingerprint density at radius 3 is 2.67 bits per heavy atom. The fraction of sp³-hybridized carbons (Fsp3) is 0.400. The lowest BCUT2D eigenvalue weighted by Gasteiger charge is -2.35. The number of nitrogens with zero attached hydrogens (tertiary/aromatic N) is 6. The molecule has 5 heterocycles. The van der Waals surface area contributed by atoms with Crippen LogP contribution in [0.3, 0.4) is 0 Å². The second kappa shape index (κ2) is 9.46. The number of anilines is 1. The SMILES string of the molecule is C[C@@H]1c2ccccc2CCN1C(=O)C1=NC2=CC(c3ccc(N4CC[C@H](C(N)=O)C4)nc3F)=N[N+]2=C(C2CC2)C1. The van der Waals surface area contributed by atoms with Gasteiger partial charge >= 0.3 is 5.82 Å². The van der Waals surface area contributed by atoms with Crippen LogP contribution in [0.2, 0.25) is 0 Å². The van der Waals surface area contributed by atoms with Gasteiger partial charge in [0.15, 0.2) is 0 Å². The molecule has 2 fully saturated rings. The number of hydrogen-bond donors (Lipinski definition) is 1. The monoisotopic (exact) mass is 540 g/mol. The molecule has 40 heavy (non-hydrogen) atoms. The van der Waals surface area contributed by atoms with Crippen molar-refractivity contribution in [1.29, 1.82) is 0 Å². The van der Waals surface area contributed by atoms with Crippen LogP contribution in [0.25, 0.3) is 0 Å². The molecule has 1 aromatic heterocycles. The fourth-order valence-corrected chi connectivity index (χ4v) is 6.28. The highest BCUT2D eigenvalue weighted by Gasteiger charge is 2.44. The maximum atomic E-state index is 15.3. The summed E-state index contributed by atoms with van der Waals surface area (Å²) < 4.78 is 17.1. The Balaban J connectivity index is 1.16. The van der Waals surface area contributed by atoms with Gasteiger partial charge in [0.2, 0.25) is 17.6 Å². The van der Waals surface area contributed by atoms with E-state index in [0.29, 0.717) is 61.5 Å². The molecule has 0 spiro atoms. The average Bonchev–Trinajstić information content (AvgIpc) is 3.51. The zero-order valence-electron chi connectivity index (χ0n) is 22.4. The van der Waals surface area contributed by atoms with Crippen LogP contribution in [0, 0.1) is 17.8 Å². The molecular formula is C30H31FN7O2+. The van der Waals surface area contributed by atoms with E-state index in [2.05, 4.69) is 24.0 Å². The molecule has 1 saturated carbocycles. The van der Waals surface area contributed by atoms with E-state index in [1.165, 1.54) is 11.1 Å². The van der Waals surface area contributed by atoms with E-state index >= 15 is 4.39 Å². The predicted octanol–water partition coefficient (Wildman–Crippen LogP) is 2.95. The number of carbonyl (C=O) groups excluding carboxylic acids is 2. The van der Waals surface area contributed by atoms with Gasteiger partial charge in [0, 0.05) is 25.6 Å². The van der Waals surface area contributed by atoms with Gasteiger partial charge in [-0.05, 0) is 60.9 Å². The summed E-state index contributed by atoms with van der Waals surface area (Å²) in [5.74, 6) is 0.0899. The van der Waals surface area contributed by atoms with Crippen LogP contribution >= 0.6 is 0 Å². The number of aliphatic imine (C=N–C) groups is 1. The van der Waals surface area contributed by atoms with Gasteiger partial charge in [-0.2, -0.15) is 4.39 Å². The number of aromatic nitrogens is 1. The normalized spacial score (nSPS) is 23.9. The highest BCUT2D eigenvalue weighted by molar-refractivity contribution is 6.42. The molecule has 9 nitrogen and oxygen atoms in total. The van der Waals surface area contributed by atoms with Gasteiger partial charge in [-0.25, -0.2) is 4.98 Å². The average molecular weight is 541 g/mol. The highest BCUT2D eigenvalue weighted by atomic mass is 19.1. The Labute approximate surface area is 231 Å². The number of benzene rings is 1. The molecule has 10 heteroatoms. The number of nitrogens with two attached hydrogens (primary N) is 1. The molecule has 4 aliphatic heterocycles. The second-order valence-electron chi connectivity index (χ2n) is 11.3. The molecule has 5 aliphatic rings. The molecular weight excluding hydrogens is 509 g/mol. The first-order valence-corrected chi connectivity index (χ1v) is 14.0. The van der Waals surface area contributed by atoms with Crippen LogP contribution in [0.1, 0.15) is 55.3 Å². The first-order chi connectivity index (χ1) is 19.4. The van der Waals surface area contributed by atoms with Crippen LogP contribution < -0.4 is 10.6 Å². The van der Waals surface area contributed by atoms with Crippen molar-refractivity contribution in [1.82, 2.24) is 9.88 Å². The Kier molecular flexibility index (Phi) is 5.87. The Morgan fingerprint density at radius 2 is 1.93 bits per heavy atom. The third-order valence-electron chi connectivity index (χ3n) is 8.74. The zero-order chi connectivity index (χ0) is 27.5. The van der Waals surface area contributed by atoms with E-state index in [1.807, 2.05) is 21.9 Å². The van der Waals surface area contributed by atoms with Crippen LogP contribution in [0.5, 0.6) is 0 Å². The highest BCUT2D eigenvalue weighted by Crippen LogP contribution is 2.36. The molecule has 0 bridgehead atoms. The number of hydrogen-bond acceptors (Lipinski definition) is 6. The van der Waals surface area contributed by atoms with Gasteiger partial charge in [-0.15, -0.1) is 4.68 Å². The number of rotatable bonds is 5. The molecule has 7 rings (SSSR count). The quantitative estimate of drug-likeness (QED) is 0.465. The van der Waals surface area contributed by atoms with Crippen LogP contribution in [0.15, 0.2) is 58.4 Å². The fourth-order valence-electron chi connectivity index (χ4n) is 6.28. The Morgan fingerprint density at radius 1 is 1.10 bits per heavy atom. The summed E-state index contributed by atoms with van der Waals surface area (Å²) in [6.07, 6.45) is 5.73. The standard InChI is InChI=1S/C30H30FN7O2/c1-17-21-5-3-2-4-18(21)11-13-37(17)30(40)24-14-25(19-6-7-19)38-27(33-24)15-23(35-38)22-8-9-26(34-28(22)31)36-12-10-20(16-36)29(32)39/h2-5,8-9,15,17,19-20H,6-7,10-14,16H2,1H3,(H-,32,39)/p+1/t17-,20+/m1/s1. The largest absolute Gasteiger partial charge is 0.369 e. The number of carbonyl (C=O) groups is 2. The molecule has 0 unspecified atom stereocenters. The van der Waals surface area contributed by atoms with Crippen molar-refractivity contribution in [3.63, 3.8) is 0 Å². The molecule has 2 amide bonds. The first kappa shape index (κ1) is 24.8. The molecule has 2 atom stereocenters. The summed E-state index contributed by atoms with van der Waals surface area (Å²) in [5.41, 5.74) is 10.2. The zero-order valence-corrected chi connectivity index (χ0v) is 22.4. The van der Waals surface area contributed by atoms with Crippen molar-refractivity contribution in [3.8, 4) is 0 Å². The molecule has 0 radical (unpaired) electrons. The van der Waals surface area contributed by atoms with Crippen molar-refractivity contribution in [2.45, 2.75) is 45.1 Å². The Bertz CT molecular complexity index is 1570. The first-order valence-electron chi connectivity index (χ1n) is 14.0. The van der Waals surface area contributed by atoms with Crippen molar-refractivity contribution < 1.29 is 18.7 Å². The third kappa shape index (κ3) is 4.22. The molecule has 204 valence electrons. The van der Waals surface area contributed by atoms with E-state index in [9.17, 15) is 9.59 Å². The van der Waals surface area contributed by atoms with E-state index in [-0.39, 0.29) is 29.3 Å². The lowest BCUT2D eigenvalue weighted by molar-refractivity contribution is -0.482. The van der Waals surface area contributed by atoms with Crippen molar-refractivity contribution in [2.24, 2.45) is 27.7 Å². The van der Waals surface area contributed by atoms with Gasteiger partial charge in [0.05, 0.1) is 30.0 Å². The lowest BCUT2D eigenvalue weighted by atomic mass is 9.93. The summed E-state index contributed by atoms with van der Waals surface area (Å²) in [5, 5.41) is 4.73. The van der Waals surface area contributed by atoms with E-state index in [1.54, 1.807) is 22.9 Å². The molecule has 1 aromatic carbocycles. The summed E-state index contributed by atoms with van der Waals surface area (Å²) >= 11 is 0. The van der Waals surface area contributed by atoms with Gasteiger partial charge in [0.25, 0.3) is 5.91 Å². The van der Waals surface area contributed by atoms with E-state index in [4.69, 9.17) is 15.8 Å².